The molecule has 16 heavy (non-hydrogen) atoms. The molecule has 0 radical (unpaired) electrons. The summed E-state index contributed by atoms with van der Waals surface area (Å²) < 4.78 is 6.09. The number of hydrogen-bond acceptors (Lipinski definition) is 3. The van der Waals surface area contributed by atoms with Crippen LogP contribution in [0, 0.1) is 0 Å². The van der Waals surface area contributed by atoms with Gasteiger partial charge in [-0.15, -0.1) is 0 Å². The SMILES string of the molecule is COc1cccc(Nc2ccncc2Br)c1. The zero-order valence-electron chi connectivity index (χ0n) is 8.77. The van der Waals surface area contributed by atoms with Gasteiger partial charge >= 0.3 is 0 Å². The van der Waals surface area contributed by atoms with E-state index in [-0.39, 0.29) is 0 Å². The Hall–Kier alpha value is -1.55. The van der Waals surface area contributed by atoms with Crippen LogP contribution in [-0.2, 0) is 0 Å². The van der Waals surface area contributed by atoms with E-state index in [1.807, 2.05) is 30.3 Å². The number of aromatic nitrogens is 1. The summed E-state index contributed by atoms with van der Waals surface area (Å²) in [6.45, 7) is 0. The van der Waals surface area contributed by atoms with Crippen LogP contribution in [0.1, 0.15) is 0 Å². The lowest BCUT2D eigenvalue weighted by molar-refractivity contribution is 0.415. The van der Waals surface area contributed by atoms with Crippen molar-refractivity contribution in [1.82, 2.24) is 4.98 Å². The summed E-state index contributed by atoms with van der Waals surface area (Å²) in [7, 11) is 1.65. The molecule has 0 fully saturated rings. The average molecular weight is 279 g/mol. The zero-order valence-corrected chi connectivity index (χ0v) is 10.4. The molecule has 3 nitrogen and oxygen atoms in total. The molecule has 0 saturated heterocycles. The van der Waals surface area contributed by atoms with E-state index in [1.54, 1.807) is 19.5 Å². The van der Waals surface area contributed by atoms with Gasteiger partial charge in [-0.05, 0) is 34.1 Å². The normalized spacial score (nSPS) is 9.88. The van der Waals surface area contributed by atoms with Gasteiger partial charge < -0.3 is 10.1 Å². The van der Waals surface area contributed by atoms with E-state index < -0.39 is 0 Å². The Labute approximate surface area is 103 Å². The van der Waals surface area contributed by atoms with Crippen LogP contribution in [0.4, 0.5) is 11.4 Å². The molecular weight excluding hydrogens is 268 g/mol. The fraction of sp³-hybridized carbons (Fsp3) is 0.0833. The molecule has 0 aliphatic carbocycles. The fourth-order valence-corrected chi connectivity index (χ4v) is 1.68. The second-order valence-electron chi connectivity index (χ2n) is 3.21. The molecule has 1 heterocycles. The Morgan fingerprint density at radius 2 is 2.19 bits per heavy atom. The molecule has 1 aromatic heterocycles. The first kappa shape index (κ1) is 11.0. The van der Waals surface area contributed by atoms with E-state index in [4.69, 9.17) is 4.74 Å². The van der Waals surface area contributed by atoms with Crippen molar-refractivity contribution in [3.05, 3.63) is 47.2 Å². The van der Waals surface area contributed by atoms with E-state index in [0.717, 1.165) is 21.6 Å². The maximum Gasteiger partial charge on any atom is 0.120 e. The van der Waals surface area contributed by atoms with Gasteiger partial charge in [0.15, 0.2) is 0 Å². The van der Waals surface area contributed by atoms with Crippen LogP contribution in [-0.4, -0.2) is 12.1 Å². The highest BCUT2D eigenvalue weighted by molar-refractivity contribution is 9.10. The van der Waals surface area contributed by atoms with Gasteiger partial charge in [-0.1, -0.05) is 6.07 Å². The summed E-state index contributed by atoms with van der Waals surface area (Å²) in [5, 5.41) is 3.28. The van der Waals surface area contributed by atoms with Gasteiger partial charge in [0, 0.05) is 24.1 Å². The predicted octanol–water partition coefficient (Wildman–Crippen LogP) is 3.60. The van der Waals surface area contributed by atoms with Crippen molar-refractivity contribution in [2.75, 3.05) is 12.4 Å². The predicted molar refractivity (Wildman–Crippen MR) is 68.2 cm³/mol. The summed E-state index contributed by atoms with van der Waals surface area (Å²) in [5.74, 6) is 0.829. The number of pyridine rings is 1. The number of nitrogens with one attached hydrogen (secondary N) is 1. The van der Waals surface area contributed by atoms with Gasteiger partial charge in [0.25, 0.3) is 0 Å². The van der Waals surface area contributed by atoms with Gasteiger partial charge in [0.2, 0.25) is 0 Å². The minimum absolute atomic E-state index is 0.829. The summed E-state index contributed by atoms with van der Waals surface area (Å²) in [4.78, 5) is 4.01. The number of benzene rings is 1. The first-order chi connectivity index (χ1) is 7.79. The lowest BCUT2D eigenvalue weighted by atomic mass is 10.3. The Balaban J connectivity index is 2.24. The molecule has 0 saturated carbocycles. The molecule has 0 bridgehead atoms. The number of rotatable bonds is 3. The van der Waals surface area contributed by atoms with Gasteiger partial charge in [-0.3, -0.25) is 4.98 Å². The van der Waals surface area contributed by atoms with Crippen molar-refractivity contribution in [2.24, 2.45) is 0 Å². The lowest BCUT2D eigenvalue weighted by Gasteiger charge is -2.09. The fourth-order valence-electron chi connectivity index (χ4n) is 1.33. The summed E-state index contributed by atoms with van der Waals surface area (Å²) in [6.07, 6.45) is 3.50. The molecule has 1 aromatic carbocycles. The van der Waals surface area contributed by atoms with Crippen LogP contribution >= 0.6 is 15.9 Å². The molecule has 0 spiro atoms. The van der Waals surface area contributed by atoms with Gasteiger partial charge in [0.05, 0.1) is 17.3 Å². The number of methoxy groups -OCH3 is 1. The Morgan fingerprint density at radius 3 is 2.94 bits per heavy atom. The molecule has 0 aliphatic heterocycles. The van der Waals surface area contributed by atoms with Crippen molar-refractivity contribution in [2.45, 2.75) is 0 Å². The number of anilines is 2. The van der Waals surface area contributed by atoms with Crippen LogP contribution in [0.25, 0.3) is 0 Å². The van der Waals surface area contributed by atoms with E-state index in [2.05, 4.69) is 26.2 Å². The molecule has 0 aliphatic rings. The molecule has 1 N–H and O–H groups in total. The van der Waals surface area contributed by atoms with Crippen LogP contribution in [0.2, 0.25) is 0 Å². The van der Waals surface area contributed by atoms with E-state index >= 15 is 0 Å². The molecule has 4 heteroatoms. The van der Waals surface area contributed by atoms with Crippen LogP contribution in [0.5, 0.6) is 5.75 Å². The van der Waals surface area contributed by atoms with Crippen molar-refractivity contribution < 1.29 is 4.74 Å². The number of nitrogens with zero attached hydrogens (tertiary/aromatic N) is 1. The molecule has 2 aromatic rings. The third-order valence-corrected chi connectivity index (χ3v) is 2.75. The summed E-state index contributed by atoms with van der Waals surface area (Å²) in [5.41, 5.74) is 1.95. The Morgan fingerprint density at radius 1 is 1.31 bits per heavy atom. The van der Waals surface area contributed by atoms with Gasteiger partial charge in [0.1, 0.15) is 5.75 Å². The highest BCUT2D eigenvalue weighted by Crippen LogP contribution is 2.26. The third kappa shape index (κ3) is 2.52. The average Bonchev–Trinajstić information content (AvgIpc) is 2.32. The highest BCUT2D eigenvalue weighted by atomic mass is 79.9. The number of hydrogen-bond donors (Lipinski definition) is 1. The summed E-state index contributed by atoms with van der Waals surface area (Å²) >= 11 is 3.43. The third-order valence-electron chi connectivity index (χ3n) is 2.12. The van der Waals surface area contributed by atoms with Crippen molar-refractivity contribution in [1.29, 1.82) is 0 Å². The summed E-state index contributed by atoms with van der Waals surface area (Å²) in [6, 6.07) is 9.68. The van der Waals surface area contributed by atoms with Crippen LogP contribution < -0.4 is 10.1 Å². The van der Waals surface area contributed by atoms with Crippen LogP contribution in [0.3, 0.4) is 0 Å². The molecule has 82 valence electrons. The molecule has 0 unspecified atom stereocenters. The maximum absolute atomic E-state index is 5.16. The number of halogens is 1. The van der Waals surface area contributed by atoms with Crippen molar-refractivity contribution in [3.8, 4) is 5.75 Å². The first-order valence-corrected chi connectivity index (χ1v) is 5.59. The topological polar surface area (TPSA) is 34.1 Å². The lowest BCUT2D eigenvalue weighted by Crippen LogP contribution is -1.92. The Bertz CT molecular complexity index is 488. The molecule has 0 atom stereocenters. The standard InChI is InChI=1S/C12H11BrN2O/c1-16-10-4-2-3-9(7-10)15-12-5-6-14-8-11(12)13/h2-8H,1H3,(H,14,15). The Kier molecular flexibility index (Phi) is 3.41. The smallest absolute Gasteiger partial charge is 0.120 e. The van der Waals surface area contributed by atoms with Crippen molar-refractivity contribution in [3.63, 3.8) is 0 Å². The minimum Gasteiger partial charge on any atom is -0.497 e. The maximum atomic E-state index is 5.16. The molecule has 0 amide bonds. The largest absolute Gasteiger partial charge is 0.497 e. The number of ether oxygens (including phenoxy) is 1. The monoisotopic (exact) mass is 278 g/mol. The minimum atomic E-state index is 0.829. The molecular formula is C12H11BrN2O. The molecule has 2 rings (SSSR count). The van der Waals surface area contributed by atoms with E-state index in [0.29, 0.717) is 0 Å². The first-order valence-electron chi connectivity index (χ1n) is 4.80. The second-order valence-corrected chi connectivity index (χ2v) is 4.07. The van der Waals surface area contributed by atoms with Crippen molar-refractivity contribution >= 4 is 27.3 Å². The van der Waals surface area contributed by atoms with Gasteiger partial charge in [-0.2, -0.15) is 0 Å². The quantitative estimate of drug-likeness (QED) is 0.932. The van der Waals surface area contributed by atoms with E-state index in [9.17, 15) is 0 Å². The van der Waals surface area contributed by atoms with Crippen LogP contribution in [0.15, 0.2) is 47.2 Å². The van der Waals surface area contributed by atoms with E-state index in [1.165, 1.54) is 0 Å². The second kappa shape index (κ2) is 4.99. The zero-order chi connectivity index (χ0) is 11.4. The highest BCUT2D eigenvalue weighted by Gasteiger charge is 2.00. The van der Waals surface area contributed by atoms with Gasteiger partial charge in [-0.25, -0.2) is 0 Å².